The quantitative estimate of drug-likeness (QED) is 0.754. The van der Waals surface area contributed by atoms with E-state index in [1.54, 1.807) is 0 Å². The second kappa shape index (κ2) is 7.11. The van der Waals surface area contributed by atoms with Crippen molar-refractivity contribution in [3.05, 3.63) is 71.9 Å². The summed E-state index contributed by atoms with van der Waals surface area (Å²) in [5, 5.41) is 4.60. The fourth-order valence-electron chi connectivity index (χ4n) is 3.60. The number of aromatic nitrogens is 1. The summed E-state index contributed by atoms with van der Waals surface area (Å²) >= 11 is 0. The van der Waals surface area contributed by atoms with Crippen LogP contribution < -0.4 is 5.32 Å². The number of H-pyrrole nitrogens is 1. The van der Waals surface area contributed by atoms with E-state index in [9.17, 15) is 4.79 Å². The minimum atomic E-state index is -0.135. The molecule has 1 atom stereocenters. The summed E-state index contributed by atoms with van der Waals surface area (Å²) in [6, 6.07) is 18.5. The van der Waals surface area contributed by atoms with Gasteiger partial charge in [0.1, 0.15) is 0 Å². The predicted octanol–water partition coefficient (Wildman–Crippen LogP) is 2.75. The molecule has 1 aliphatic heterocycles. The van der Waals surface area contributed by atoms with Crippen molar-refractivity contribution in [3.63, 3.8) is 0 Å². The summed E-state index contributed by atoms with van der Waals surface area (Å²) in [6.45, 7) is 2.43. The zero-order valence-electron chi connectivity index (χ0n) is 14.2. The van der Waals surface area contributed by atoms with Crippen molar-refractivity contribution in [2.24, 2.45) is 0 Å². The molecule has 128 valence electrons. The molecule has 2 heterocycles. The number of piperazine rings is 1. The highest BCUT2D eigenvalue weighted by Gasteiger charge is 2.28. The monoisotopic (exact) mass is 333 g/mol. The molecule has 3 aromatic rings. The Hall–Kier alpha value is -2.59. The third-order valence-corrected chi connectivity index (χ3v) is 4.99. The lowest BCUT2D eigenvalue weighted by molar-refractivity contribution is -0.135. The predicted molar refractivity (Wildman–Crippen MR) is 101 cm³/mol. The van der Waals surface area contributed by atoms with E-state index in [0.29, 0.717) is 0 Å². The largest absolute Gasteiger partial charge is 0.361 e. The summed E-state index contributed by atoms with van der Waals surface area (Å²) in [7, 11) is 0. The third kappa shape index (κ3) is 3.44. The maximum absolute atomic E-state index is 12.9. The van der Waals surface area contributed by atoms with E-state index in [-0.39, 0.29) is 11.9 Å². The lowest BCUT2D eigenvalue weighted by Gasteiger charge is -2.33. The Bertz CT molecular complexity index is 856. The molecule has 1 aromatic heterocycles. The number of hydrogen-bond donors (Lipinski definition) is 2. The van der Waals surface area contributed by atoms with Crippen LogP contribution in [0.3, 0.4) is 0 Å². The highest BCUT2D eigenvalue weighted by Crippen LogP contribution is 2.20. The molecule has 4 nitrogen and oxygen atoms in total. The molecule has 0 aliphatic carbocycles. The number of hydrogen-bond acceptors (Lipinski definition) is 2. The highest BCUT2D eigenvalue weighted by atomic mass is 16.2. The standard InChI is InChI=1S/C21H23N3O/c25-21-20(14-17-15-23-19-9-5-4-8-18(17)19)22-11-13-24(21)12-10-16-6-2-1-3-7-16/h1-9,15,20,22-23H,10-14H2/t20-/m0/s1. The van der Waals surface area contributed by atoms with Gasteiger partial charge in [0.05, 0.1) is 6.04 Å². The molecule has 0 saturated carbocycles. The van der Waals surface area contributed by atoms with Gasteiger partial charge in [-0.05, 0) is 30.0 Å². The zero-order valence-corrected chi connectivity index (χ0v) is 14.2. The van der Waals surface area contributed by atoms with E-state index in [1.165, 1.54) is 16.5 Å². The molecular formula is C21H23N3O. The summed E-state index contributed by atoms with van der Waals surface area (Å²) in [6.07, 6.45) is 3.67. The van der Waals surface area contributed by atoms with Gasteiger partial charge in [0, 0.05) is 36.7 Å². The molecule has 4 rings (SSSR count). The van der Waals surface area contributed by atoms with Crippen LogP contribution in [0.15, 0.2) is 60.8 Å². The molecule has 1 saturated heterocycles. The topological polar surface area (TPSA) is 48.1 Å². The Morgan fingerprint density at radius 3 is 2.72 bits per heavy atom. The number of benzene rings is 2. The molecular weight excluding hydrogens is 310 g/mol. The Morgan fingerprint density at radius 1 is 1.04 bits per heavy atom. The first kappa shape index (κ1) is 15.9. The van der Waals surface area contributed by atoms with Crippen LogP contribution in [0.2, 0.25) is 0 Å². The van der Waals surface area contributed by atoms with Gasteiger partial charge in [0.2, 0.25) is 5.91 Å². The van der Waals surface area contributed by atoms with Gasteiger partial charge in [-0.1, -0.05) is 48.5 Å². The molecule has 1 fully saturated rings. The van der Waals surface area contributed by atoms with Crippen molar-refractivity contribution >= 4 is 16.8 Å². The third-order valence-electron chi connectivity index (χ3n) is 4.99. The Labute approximate surface area is 147 Å². The first-order valence-electron chi connectivity index (χ1n) is 8.92. The van der Waals surface area contributed by atoms with Crippen molar-refractivity contribution in [3.8, 4) is 0 Å². The summed E-state index contributed by atoms with van der Waals surface area (Å²) < 4.78 is 0. The van der Waals surface area contributed by atoms with Gasteiger partial charge in [0.15, 0.2) is 0 Å². The van der Waals surface area contributed by atoms with E-state index in [0.717, 1.165) is 38.0 Å². The first-order chi connectivity index (χ1) is 12.3. The number of amides is 1. The van der Waals surface area contributed by atoms with Gasteiger partial charge in [-0.3, -0.25) is 4.79 Å². The molecule has 2 N–H and O–H groups in total. The second-order valence-electron chi connectivity index (χ2n) is 6.63. The van der Waals surface area contributed by atoms with Crippen LogP contribution in [0, 0.1) is 0 Å². The van der Waals surface area contributed by atoms with Crippen LogP contribution in [-0.2, 0) is 17.6 Å². The number of fused-ring (bicyclic) bond motifs is 1. The van der Waals surface area contributed by atoms with E-state index < -0.39 is 0 Å². The lowest BCUT2D eigenvalue weighted by atomic mass is 10.0. The van der Waals surface area contributed by atoms with Crippen molar-refractivity contribution in [2.45, 2.75) is 18.9 Å². The fourth-order valence-corrected chi connectivity index (χ4v) is 3.60. The highest BCUT2D eigenvalue weighted by molar-refractivity contribution is 5.86. The van der Waals surface area contributed by atoms with Crippen LogP contribution in [-0.4, -0.2) is 41.5 Å². The van der Waals surface area contributed by atoms with Crippen molar-refractivity contribution in [1.29, 1.82) is 0 Å². The number of carbonyl (C=O) groups excluding carboxylic acids is 1. The van der Waals surface area contributed by atoms with Gasteiger partial charge in [0.25, 0.3) is 0 Å². The number of nitrogens with zero attached hydrogens (tertiary/aromatic N) is 1. The Balaban J connectivity index is 1.43. The lowest BCUT2D eigenvalue weighted by Crippen LogP contribution is -2.56. The first-order valence-corrected chi connectivity index (χ1v) is 8.92. The average molecular weight is 333 g/mol. The van der Waals surface area contributed by atoms with Crippen molar-refractivity contribution < 1.29 is 4.79 Å². The minimum Gasteiger partial charge on any atom is -0.361 e. The maximum atomic E-state index is 12.9. The van der Waals surface area contributed by atoms with Crippen LogP contribution in [0.4, 0.5) is 0 Å². The minimum absolute atomic E-state index is 0.135. The normalized spacial score (nSPS) is 18.0. The molecule has 0 bridgehead atoms. The van der Waals surface area contributed by atoms with E-state index in [1.807, 2.05) is 29.3 Å². The van der Waals surface area contributed by atoms with Gasteiger partial charge < -0.3 is 15.2 Å². The van der Waals surface area contributed by atoms with Gasteiger partial charge in [-0.25, -0.2) is 0 Å². The molecule has 2 aromatic carbocycles. The van der Waals surface area contributed by atoms with Gasteiger partial charge in [-0.2, -0.15) is 0 Å². The Kier molecular flexibility index (Phi) is 4.53. The van der Waals surface area contributed by atoms with E-state index in [4.69, 9.17) is 0 Å². The van der Waals surface area contributed by atoms with E-state index >= 15 is 0 Å². The summed E-state index contributed by atoms with van der Waals surface area (Å²) in [5.74, 6) is 0.215. The number of para-hydroxylation sites is 1. The van der Waals surface area contributed by atoms with E-state index in [2.05, 4.69) is 46.7 Å². The molecule has 0 spiro atoms. The summed E-state index contributed by atoms with van der Waals surface area (Å²) in [5.41, 5.74) is 3.61. The summed E-state index contributed by atoms with van der Waals surface area (Å²) in [4.78, 5) is 18.2. The Morgan fingerprint density at radius 2 is 1.84 bits per heavy atom. The number of rotatable bonds is 5. The molecule has 4 heteroatoms. The molecule has 25 heavy (non-hydrogen) atoms. The molecule has 0 unspecified atom stereocenters. The van der Waals surface area contributed by atoms with Crippen LogP contribution in [0.1, 0.15) is 11.1 Å². The van der Waals surface area contributed by atoms with Gasteiger partial charge >= 0.3 is 0 Å². The van der Waals surface area contributed by atoms with Crippen LogP contribution >= 0.6 is 0 Å². The number of nitrogens with one attached hydrogen (secondary N) is 2. The smallest absolute Gasteiger partial charge is 0.240 e. The molecule has 1 amide bonds. The molecule has 1 aliphatic rings. The van der Waals surface area contributed by atoms with Crippen molar-refractivity contribution in [1.82, 2.24) is 15.2 Å². The van der Waals surface area contributed by atoms with Crippen molar-refractivity contribution in [2.75, 3.05) is 19.6 Å². The number of aromatic amines is 1. The maximum Gasteiger partial charge on any atom is 0.240 e. The average Bonchev–Trinajstić information content (AvgIpc) is 3.06. The van der Waals surface area contributed by atoms with Crippen LogP contribution in [0.5, 0.6) is 0 Å². The second-order valence-corrected chi connectivity index (χ2v) is 6.63. The molecule has 0 radical (unpaired) electrons. The SMILES string of the molecule is O=C1[C@H](Cc2c[nH]c3ccccc23)NCCN1CCc1ccccc1. The van der Waals surface area contributed by atoms with Gasteiger partial charge in [-0.15, -0.1) is 0 Å². The zero-order chi connectivity index (χ0) is 17.1. The number of carbonyl (C=O) groups is 1. The van der Waals surface area contributed by atoms with Crippen LogP contribution in [0.25, 0.3) is 10.9 Å². The fraction of sp³-hybridized carbons (Fsp3) is 0.286.